The number of hydrogen-bond acceptors (Lipinski definition) is 6. The van der Waals surface area contributed by atoms with Gasteiger partial charge in [-0.15, -0.1) is 0 Å². The first-order chi connectivity index (χ1) is 20.8. The van der Waals surface area contributed by atoms with Crippen molar-refractivity contribution < 1.29 is 0 Å². The van der Waals surface area contributed by atoms with E-state index in [0.717, 1.165) is 66.6 Å². The van der Waals surface area contributed by atoms with Gasteiger partial charge in [0.15, 0.2) is 5.17 Å². The molecule has 4 aromatic rings. The number of nitrogens with two attached hydrogens (primary N) is 2. The molecule has 0 spiro atoms. The number of aromatic nitrogens is 3. The summed E-state index contributed by atoms with van der Waals surface area (Å²) in [5.74, 6) is 1.52. The molecule has 0 bridgehead atoms. The van der Waals surface area contributed by atoms with Crippen molar-refractivity contribution in [1.29, 1.82) is 5.41 Å². The number of piperidine rings is 1. The van der Waals surface area contributed by atoms with E-state index in [1.165, 1.54) is 47.7 Å². The molecule has 2 aromatic heterocycles. The van der Waals surface area contributed by atoms with Crippen LogP contribution in [0.25, 0.3) is 28.0 Å². The molecular weight excluding hydrogens is 554 g/mol. The zero-order chi connectivity index (χ0) is 29.9. The first kappa shape index (κ1) is 29.7. The third-order valence-electron chi connectivity index (χ3n) is 8.79. The molecule has 1 aliphatic carbocycles. The molecule has 3 atom stereocenters. The van der Waals surface area contributed by atoms with Crippen LogP contribution in [0, 0.1) is 5.41 Å². The molecule has 2 aliphatic rings. The number of amidine groups is 1. The molecule has 0 unspecified atom stereocenters. The second kappa shape index (κ2) is 13.1. The summed E-state index contributed by atoms with van der Waals surface area (Å²) in [5.41, 5.74) is 18.7. The number of H-pyrrole nitrogens is 1. The summed E-state index contributed by atoms with van der Waals surface area (Å²) >= 11 is 1.41. The van der Waals surface area contributed by atoms with Gasteiger partial charge in [-0.2, -0.15) is 4.98 Å². The maximum Gasteiger partial charge on any atom is 0.354 e. The smallest absolute Gasteiger partial charge is 0.354 e. The zero-order valence-corrected chi connectivity index (χ0v) is 25.8. The van der Waals surface area contributed by atoms with E-state index < -0.39 is 0 Å². The van der Waals surface area contributed by atoms with Crippen LogP contribution < -0.4 is 22.5 Å². The average molecular weight is 598 g/mol. The van der Waals surface area contributed by atoms with Gasteiger partial charge in [0.1, 0.15) is 5.65 Å². The van der Waals surface area contributed by atoms with E-state index in [9.17, 15) is 4.79 Å². The Morgan fingerprint density at radius 2 is 1.93 bits per heavy atom. The Morgan fingerprint density at radius 3 is 2.67 bits per heavy atom. The van der Waals surface area contributed by atoms with E-state index in [1.807, 2.05) is 18.3 Å². The minimum absolute atomic E-state index is 0.183. The van der Waals surface area contributed by atoms with E-state index in [-0.39, 0.29) is 22.9 Å². The maximum atomic E-state index is 13.1. The van der Waals surface area contributed by atoms with Crippen LogP contribution in [-0.4, -0.2) is 37.5 Å². The van der Waals surface area contributed by atoms with Crippen molar-refractivity contribution in [1.82, 2.24) is 19.9 Å². The fourth-order valence-electron chi connectivity index (χ4n) is 6.32. The topological polar surface area (TPSA) is 139 Å². The van der Waals surface area contributed by atoms with E-state index in [4.69, 9.17) is 16.9 Å². The number of rotatable bonds is 11. The van der Waals surface area contributed by atoms with Gasteiger partial charge in [0.25, 0.3) is 0 Å². The molecular formula is C34H43N7OS. The van der Waals surface area contributed by atoms with Crippen LogP contribution in [0.1, 0.15) is 86.9 Å². The van der Waals surface area contributed by atoms with Crippen molar-refractivity contribution in [3.05, 3.63) is 81.9 Å². The highest BCUT2D eigenvalue weighted by Crippen LogP contribution is 2.42. The predicted molar refractivity (Wildman–Crippen MR) is 178 cm³/mol. The number of hydrogen-bond donors (Lipinski definition) is 5. The molecule has 1 saturated carbocycles. The molecule has 43 heavy (non-hydrogen) atoms. The number of aromatic amines is 1. The van der Waals surface area contributed by atoms with Gasteiger partial charge in [-0.05, 0) is 117 Å². The van der Waals surface area contributed by atoms with Gasteiger partial charge in [-0.3, -0.25) is 9.98 Å². The molecule has 226 valence electrons. The average Bonchev–Trinajstić information content (AvgIpc) is 3.76. The summed E-state index contributed by atoms with van der Waals surface area (Å²) in [6.07, 6.45) is 11.9. The summed E-state index contributed by atoms with van der Waals surface area (Å²) in [5, 5.41) is 12.3. The summed E-state index contributed by atoms with van der Waals surface area (Å²) < 4.78 is 1.64. The number of benzene rings is 2. The molecule has 1 aliphatic heterocycles. The highest BCUT2D eigenvalue weighted by atomic mass is 32.2. The highest BCUT2D eigenvalue weighted by molar-refractivity contribution is 8.13. The summed E-state index contributed by atoms with van der Waals surface area (Å²) in [4.78, 5) is 21.0. The fourth-order valence-corrected chi connectivity index (χ4v) is 6.94. The summed E-state index contributed by atoms with van der Waals surface area (Å²) in [6, 6.07) is 18.3. The zero-order valence-electron chi connectivity index (χ0n) is 24.9. The van der Waals surface area contributed by atoms with Crippen LogP contribution in [0.4, 0.5) is 0 Å². The number of thioether (sulfide) groups is 1. The van der Waals surface area contributed by atoms with Crippen LogP contribution in [0.3, 0.4) is 0 Å². The van der Waals surface area contributed by atoms with Crippen molar-refractivity contribution in [2.75, 3.05) is 5.75 Å². The Balaban J connectivity index is 1.20. The quantitative estimate of drug-likeness (QED) is 0.104. The lowest BCUT2D eigenvalue weighted by atomic mass is 9.92. The van der Waals surface area contributed by atoms with Gasteiger partial charge in [-0.25, -0.2) is 4.79 Å². The van der Waals surface area contributed by atoms with Crippen LogP contribution in [0.5, 0.6) is 0 Å². The molecule has 0 amide bonds. The van der Waals surface area contributed by atoms with Crippen LogP contribution in [0.2, 0.25) is 0 Å². The van der Waals surface area contributed by atoms with Gasteiger partial charge in [0, 0.05) is 41.2 Å². The molecule has 7 N–H and O–H groups in total. The van der Waals surface area contributed by atoms with Gasteiger partial charge in [0.05, 0.1) is 5.69 Å². The lowest BCUT2D eigenvalue weighted by molar-refractivity contribution is 0.320. The number of nitrogens with zero attached hydrogens (tertiary/aromatic N) is 2. The second-order valence-corrected chi connectivity index (χ2v) is 13.6. The number of aryl methyl sites for hydroxylation is 1. The third-order valence-corrected chi connectivity index (χ3v) is 9.54. The Labute approximate surface area is 257 Å². The normalized spacial score (nSPS) is 19.5. The van der Waals surface area contributed by atoms with E-state index >= 15 is 0 Å². The van der Waals surface area contributed by atoms with Gasteiger partial charge < -0.3 is 21.8 Å². The van der Waals surface area contributed by atoms with Crippen LogP contribution in [-0.2, 0) is 6.42 Å². The fraction of sp³-hybridized carbons (Fsp3) is 0.441. The molecule has 0 radical (unpaired) electrons. The Kier molecular flexibility index (Phi) is 9.02. The van der Waals surface area contributed by atoms with E-state index in [2.05, 4.69) is 58.6 Å². The Hall–Kier alpha value is -3.40. The van der Waals surface area contributed by atoms with Gasteiger partial charge in [-0.1, -0.05) is 36.4 Å². The van der Waals surface area contributed by atoms with Crippen molar-refractivity contribution in [2.24, 2.45) is 11.5 Å². The summed E-state index contributed by atoms with van der Waals surface area (Å²) in [7, 11) is 0. The molecule has 2 fully saturated rings. The van der Waals surface area contributed by atoms with Crippen molar-refractivity contribution in [3.8, 4) is 16.9 Å². The Bertz CT molecular complexity index is 1640. The predicted octanol–water partition coefficient (Wildman–Crippen LogP) is 6.13. The molecule has 6 rings (SSSR count). The first-order valence-electron chi connectivity index (χ1n) is 15.7. The Morgan fingerprint density at radius 1 is 1.12 bits per heavy atom. The first-order valence-corrected chi connectivity index (χ1v) is 16.7. The largest absolute Gasteiger partial charge is 0.379 e. The molecule has 8 nitrogen and oxygen atoms in total. The van der Waals surface area contributed by atoms with Crippen molar-refractivity contribution in [2.45, 2.75) is 88.8 Å². The standard InChI is InChI=1S/C34H43N7OS/c1-21(35)4-2-5-22-16-25(23-8-9-23)18-26(17-22)31-19-27-20-41(34(42)40-32(27)39-31)29-12-10-24(11-13-29)30-7-3-6-28(38-30)14-15-43-33(36)37/h10-13,16-21,23,28,30,38H,2-9,14-15,35H2,1H3,(H3,36,37)(H,39,40,42)/t21-,28-,30-/m0/s1. The van der Waals surface area contributed by atoms with E-state index in [0.29, 0.717) is 17.6 Å². The molecule has 3 heterocycles. The maximum absolute atomic E-state index is 13.1. The number of fused-ring (bicyclic) bond motifs is 1. The molecule has 1 saturated heterocycles. The SMILES string of the molecule is C[C@H](N)CCCc1cc(-c2cc3cn(-c4ccc([C@@H]5CCC[C@@H](CCSC(=N)N)N5)cc4)c(=O)nc3[nH]2)cc(C2CC2)c1. The summed E-state index contributed by atoms with van der Waals surface area (Å²) in [6.45, 7) is 2.07. The highest BCUT2D eigenvalue weighted by Gasteiger charge is 2.25. The minimum Gasteiger partial charge on any atom is -0.379 e. The van der Waals surface area contributed by atoms with Crippen molar-refractivity contribution >= 4 is 28.0 Å². The van der Waals surface area contributed by atoms with Gasteiger partial charge in [0.2, 0.25) is 0 Å². The van der Waals surface area contributed by atoms with E-state index in [1.54, 1.807) is 4.57 Å². The van der Waals surface area contributed by atoms with Crippen LogP contribution in [0.15, 0.2) is 59.5 Å². The number of nitrogens with one attached hydrogen (secondary N) is 3. The molecule has 2 aromatic carbocycles. The third kappa shape index (κ3) is 7.40. The monoisotopic (exact) mass is 597 g/mol. The lowest BCUT2D eigenvalue weighted by Gasteiger charge is -2.31. The van der Waals surface area contributed by atoms with Crippen LogP contribution >= 0.6 is 11.8 Å². The lowest BCUT2D eigenvalue weighted by Crippen LogP contribution is -2.37. The minimum atomic E-state index is -0.296. The van der Waals surface area contributed by atoms with Crippen molar-refractivity contribution in [3.63, 3.8) is 0 Å². The second-order valence-electron chi connectivity index (χ2n) is 12.4. The van der Waals surface area contributed by atoms with Gasteiger partial charge >= 0.3 is 5.69 Å². The molecule has 9 heteroatoms.